The first kappa shape index (κ1) is 27.3. The third kappa shape index (κ3) is 5.28. The van der Waals surface area contributed by atoms with Crippen LogP contribution < -0.4 is 31.4 Å². The first-order valence-corrected chi connectivity index (χ1v) is 14.6. The normalized spacial score (nSPS) is 23.7. The van der Waals surface area contributed by atoms with Crippen molar-refractivity contribution in [3.05, 3.63) is 89.7 Å². The summed E-state index contributed by atoms with van der Waals surface area (Å²) in [5, 5.41) is 0. The lowest BCUT2D eigenvalue weighted by atomic mass is 9.50. The van der Waals surface area contributed by atoms with Crippen molar-refractivity contribution in [2.24, 2.45) is 23.7 Å². The molecule has 0 aromatic heterocycles. The number of rotatable bonds is 7. The van der Waals surface area contributed by atoms with E-state index >= 15 is 0 Å². The Labute approximate surface area is 247 Å². The molecule has 0 saturated heterocycles. The van der Waals surface area contributed by atoms with Crippen molar-refractivity contribution < 1.29 is 27.4 Å². The Bertz CT molecular complexity index is 1610. The predicted octanol–water partition coefficient (Wildman–Crippen LogP) is 8.77. The lowest BCUT2D eigenvalue weighted by molar-refractivity contribution is -0.00397. The minimum Gasteiger partial charge on any atom is -0.457 e. The number of hydrogen-bond donors (Lipinski definition) is 3. The van der Waals surface area contributed by atoms with E-state index in [1.807, 2.05) is 0 Å². The van der Waals surface area contributed by atoms with E-state index in [4.69, 9.17) is 31.4 Å². The molecule has 4 fully saturated rings. The molecule has 0 radical (unpaired) electrons. The van der Waals surface area contributed by atoms with E-state index in [0.717, 1.165) is 31.2 Å². The second-order valence-corrected chi connectivity index (χ2v) is 12.1. The molecule has 6 nitrogen and oxygen atoms in total. The van der Waals surface area contributed by atoms with E-state index in [9.17, 15) is 13.2 Å². The second-order valence-electron chi connectivity index (χ2n) is 12.1. The highest BCUT2D eigenvalue weighted by molar-refractivity contribution is 5.58. The van der Waals surface area contributed by atoms with Gasteiger partial charge in [-0.25, -0.2) is 13.2 Å². The number of ether oxygens (including phenoxy) is 3. The van der Waals surface area contributed by atoms with Crippen molar-refractivity contribution in [2.75, 3.05) is 17.2 Å². The monoisotopic (exact) mass is 587 g/mol. The maximum atomic E-state index is 14.5. The molecule has 43 heavy (non-hydrogen) atoms. The molecule has 9 heteroatoms. The van der Waals surface area contributed by atoms with Crippen molar-refractivity contribution in [3.63, 3.8) is 0 Å². The van der Waals surface area contributed by atoms with Crippen LogP contribution in [0.3, 0.4) is 0 Å². The topological polar surface area (TPSA) is 106 Å². The van der Waals surface area contributed by atoms with Gasteiger partial charge in [0, 0.05) is 35.9 Å². The van der Waals surface area contributed by atoms with Crippen molar-refractivity contribution in [2.45, 2.75) is 38.0 Å². The molecule has 4 aliphatic rings. The van der Waals surface area contributed by atoms with Gasteiger partial charge in [-0.1, -0.05) is 0 Å². The summed E-state index contributed by atoms with van der Waals surface area (Å²) in [6.45, 7) is 0. The molecule has 0 heterocycles. The predicted molar refractivity (Wildman–Crippen MR) is 159 cm³/mol. The Balaban J connectivity index is 1.38. The van der Waals surface area contributed by atoms with Gasteiger partial charge in [0.05, 0.1) is 17.1 Å². The fraction of sp³-hybridized carbons (Fsp3) is 0.294. The maximum absolute atomic E-state index is 14.5. The zero-order valence-corrected chi connectivity index (χ0v) is 23.4. The van der Waals surface area contributed by atoms with E-state index < -0.39 is 17.5 Å². The van der Waals surface area contributed by atoms with E-state index in [2.05, 4.69) is 0 Å². The van der Waals surface area contributed by atoms with E-state index in [1.54, 1.807) is 30.3 Å². The average molecular weight is 588 g/mol. The van der Waals surface area contributed by atoms with Crippen molar-refractivity contribution >= 4 is 17.1 Å². The van der Waals surface area contributed by atoms with Gasteiger partial charge in [-0.3, -0.25) is 0 Å². The molecule has 4 aliphatic carbocycles. The molecule has 222 valence electrons. The summed E-state index contributed by atoms with van der Waals surface area (Å²) in [5.41, 5.74) is 17.9. The Morgan fingerprint density at radius 2 is 0.884 bits per heavy atom. The third-order valence-electron chi connectivity index (χ3n) is 9.24. The van der Waals surface area contributed by atoms with Gasteiger partial charge in [-0.05, 0) is 98.1 Å². The van der Waals surface area contributed by atoms with Crippen molar-refractivity contribution in [1.29, 1.82) is 0 Å². The summed E-state index contributed by atoms with van der Waals surface area (Å²) < 4.78 is 62.2. The van der Waals surface area contributed by atoms with Gasteiger partial charge in [0.2, 0.25) is 0 Å². The van der Waals surface area contributed by atoms with Crippen LogP contribution in [0.25, 0.3) is 0 Å². The van der Waals surface area contributed by atoms with Gasteiger partial charge in [0.1, 0.15) is 51.9 Å². The van der Waals surface area contributed by atoms with Gasteiger partial charge >= 0.3 is 0 Å². The number of nitrogen functional groups attached to an aromatic ring is 3. The largest absolute Gasteiger partial charge is 0.457 e. The van der Waals surface area contributed by atoms with E-state index in [-0.39, 0.29) is 46.0 Å². The van der Waals surface area contributed by atoms with Crippen LogP contribution in [0.5, 0.6) is 34.5 Å². The Morgan fingerprint density at radius 3 is 1.28 bits per heavy atom. The molecule has 4 saturated carbocycles. The van der Waals surface area contributed by atoms with Crippen LogP contribution in [0.4, 0.5) is 30.2 Å². The molecule has 4 aromatic carbocycles. The summed E-state index contributed by atoms with van der Waals surface area (Å²) in [4.78, 5) is 0. The fourth-order valence-corrected chi connectivity index (χ4v) is 7.63. The molecule has 8 rings (SSSR count). The van der Waals surface area contributed by atoms with Gasteiger partial charge in [0.25, 0.3) is 0 Å². The molecule has 4 aromatic rings. The molecule has 0 amide bonds. The fourth-order valence-electron chi connectivity index (χ4n) is 7.63. The molecular formula is C34H32F3N3O3. The van der Waals surface area contributed by atoms with Crippen molar-refractivity contribution in [1.82, 2.24) is 0 Å². The smallest absolute Gasteiger partial charge is 0.149 e. The van der Waals surface area contributed by atoms with Crippen molar-refractivity contribution in [3.8, 4) is 34.5 Å². The van der Waals surface area contributed by atoms with Crippen LogP contribution in [0.15, 0.2) is 66.7 Å². The quantitative estimate of drug-likeness (QED) is 0.187. The molecule has 4 bridgehead atoms. The van der Waals surface area contributed by atoms with Gasteiger partial charge in [-0.15, -0.1) is 0 Å². The Hall–Kier alpha value is -4.53. The standard InChI is InChI=1S/C34H32F3N3O3/c35-25-12-21(1-4-28(25)38)41-24-15-31(42-22-2-5-29(39)26(36)13-22)34(32(16-24)43-23-3-6-30(40)27(37)14-23)33-19-8-17-7-18(10-19)11-20(33)9-17/h1-6,12-20,33H,7-11,38-40H2. The highest BCUT2D eigenvalue weighted by Gasteiger charge is 2.50. The van der Waals surface area contributed by atoms with Gasteiger partial charge in [0.15, 0.2) is 0 Å². The number of nitrogens with two attached hydrogens (primary N) is 3. The second kappa shape index (κ2) is 10.6. The average Bonchev–Trinajstić information content (AvgIpc) is 2.95. The van der Waals surface area contributed by atoms with E-state index in [1.165, 1.54) is 42.8 Å². The van der Waals surface area contributed by atoms with Gasteiger partial charge < -0.3 is 31.4 Å². The van der Waals surface area contributed by atoms with Crippen LogP contribution in [0.2, 0.25) is 0 Å². The maximum Gasteiger partial charge on any atom is 0.149 e. The van der Waals surface area contributed by atoms with Crippen LogP contribution in [-0.4, -0.2) is 0 Å². The minimum atomic E-state index is -0.620. The number of benzene rings is 4. The third-order valence-corrected chi connectivity index (χ3v) is 9.24. The molecule has 0 spiro atoms. The summed E-state index contributed by atoms with van der Waals surface area (Å²) >= 11 is 0. The molecular weight excluding hydrogens is 555 g/mol. The molecule has 0 unspecified atom stereocenters. The van der Waals surface area contributed by atoms with Crippen LogP contribution in [0, 0.1) is 41.1 Å². The lowest BCUT2D eigenvalue weighted by Gasteiger charge is -2.54. The van der Waals surface area contributed by atoms with Crippen LogP contribution in [0.1, 0.15) is 43.6 Å². The summed E-state index contributed by atoms with van der Waals surface area (Å²) in [6, 6.07) is 16.1. The SMILES string of the molecule is Nc1ccc(Oc2cc(Oc3ccc(N)c(F)c3)c(C3C4CC5CC(C4)CC3C5)c(Oc3ccc(N)c(F)c3)c2)cc1F. The first-order valence-electron chi connectivity index (χ1n) is 14.6. The Morgan fingerprint density at radius 1 is 0.488 bits per heavy atom. The summed E-state index contributed by atoms with van der Waals surface area (Å²) in [6.07, 6.45) is 5.75. The molecule has 0 aliphatic heterocycles. The number of hydrogen-bond acceptors (Lipinski definition) is 6. The highest BCUT2D eigenvalue weighted by Crippen LogP contribution is 2.62. The summed E-state index contributed by atoms with van der Waals surface area (Å²) in [5.74, 6) is 2.38. The first-order chi connectivity index (χ1) is 20.7. The highest BCUT2D eigenvalue weighted by atomic mass is 19.1. The van der Waals surface area contributed by atoms with Gasteiger partial charge in [-0.2, -0.15) is 0 Å². The number of halogens is 3. The minimum absolute atomic E-state index is 0.00507. The molecule has 6 N–H and O–H groups in total. The van der Waals surface area contributed by atoms with Crippen LogP contribution >= 0.6 is 0 Å². The van der Waals surface area contributed by atoms with E-state index in [0.29, 0.717) is 35.2 Å². The Kier molecular flexibility index (Phi) is 6.75. The number of anilines is 3. The summed E-state index contributed by atoms with van der Waals surface area (Å²) in [7, 11) is 0. The lowest BCUT2D eigenvalue weighted by Crippen LogP contribution is -2.43. The zero-order valence-electron chi connectivity index (χ0n) is 23.4. The zero-order chi connectivity index (χ0) is 29.8. The van der Waals surface area contributed by atoms with Crippen LogP contribution in [-0.2, 0) is 0 Å². The molecule has 0 atom stereocenters.